The Kier molecular flexibility index (Phi) is 10.7. The van der Waals surface area contributed by atoms with Crippen LogP contribution in [0.4, 0.5) is 11.4 Å². The molecule has 0 bridgehead atoms. The van der Waals surface area contributed by atoms with Gasteiger partial charge in [-0.2, -0.15) is 5.10 Å². The molecule has 3 rings (SSSR count). The minimum Gasteiger partial charge on any atom is -0.497 e. The molecule has 0 spiro atoms. The third-order valence-electron chi connectivity index (χ3n) is 5.11. The zero-order chi connectivity index (χ0) is 28.0. The van der Waals surface area contributed by atoms with Crippen molar-refractivity contribution in [1.82, 2.24) is 5.43 Å². The number of hydrazone groups is 1. The molecule has 204 valence electrons. The molecule has 0 unspecified atom stereocenters. The maximum absolute atomic E-state index is 12.4. The summed E-state index contributed by atoms with van der Waals surface area (Å²) < 4.78 is 21.6. The Balaban J connectivity index is 1.57. The van der Waals surface area contributed by atoms with E-state index in [1.54, 1.807) is 73.8 Å². The molecule has 3 aromatic carbocycles. The first-order valence-corrected chi connectivity index (χ1v) is 12.0. The van der Waals surface area contributed by atoms with Gasteiger partial charge in [0.15, 0.2) is 18.1 Å². The second-order valence-corrected chi connectivity index (χ2v) is 7.97. The summed E-state index contributed by atoms with van der Waals surface area (Å²) in [6.07, 6.45) is 2.16. The van der Waals surface area contributed by atoms with Gasteiger partial charge in [0, 0.05) is 16.9 Å². The predicted molar refractivity (Wildman–Crippen MR) is 147 cm³/mol. The van der Waals surface area contributed by atoms with Crippen LogP contribution in [0.1, 0.15) is 18.9 Å². The van der Waals surface area contributed by atoms with E-state index < -0.39 is 17.7 Å². The molecule has 0 atom stereocenters. The number of rotatable bonds is 12. The number of hydrogen-bond acceptors (Lipinski definition) is 8. The topological polar surface area (TPSA) is 137 Å². The predicted octanol–water partition coefficient (Wildman–Crippen LogP) is 3.60. The number of methoxy groups -OCH3 is 2. The molecule has 0 radical (unpaired) electrons. The largest absolute Gasteiger partial charge is 0.497 e. The first-order valence-electron chi connectivity index (χ1n) is 12.0. The normalized spacial score (nSPS) is 10.4. The lowest BCUT2D eigenvalue weighted by atomic mass is 10.2. The maximum atomic E-state index is 12.4. The monoisotopic (exact) mass is 534 g/mol. The SMILES string of the molecule is CCCOc1ccc(NC(=O)C(=O)N/N=C\c2cccc(OC)c2OCC(=O)Nc2ccc(OC)cc2)cc1. The highest BCUT2D eigenvalue weighted by Gasteiger charge is 2.15. The van der Waals surface area contributed by atoms with Crippen LogP contribution in [0.3, 0.4) is 0 Å². The van der Waals surface area contributed by atoms with E-state index in [9.17, 15) is 14.4 Å². The van der Waals surface area contributed by atoms with Gasteiger partial charge in [0.05, 0.1) is 27.0 Å². The van der Waals surface area contributed by atoms with Crippen LogP contribution in [-0.4, -0.2) is 51.4 Å². The van der Waals surface area contributed by atoms with Crippen molar-refractivity contribution in [2.24, 2.45) is 5.10 Å². The Morgan fingerprint density at radius 3 is 2.10 bits per heavy atom. The number of carbonyl (C=O) groups excluding carboxylic acids is 3. The molecular weight excluding hydrogens is 504 g/mol. The fourth-order valence-electron chi connectivity index (χ4n) is 3.21. The Labute approximate surface area is 226 Å². The minimum absolute atomic E-state index is 0.234. The first kappa shape index (κ1) is 28.5. The minimum atomic E-state index is -0.971. The van der Waals surface area contributed by atoms with Crippen LogP contribution in [-0.2, 0) is 14.4 Å². The zero-order valence-electron chi connectivity index (χ0n) is 21.9. The summed E-state index contributed by atoms with van der Waals surface area (Å²) in [5.41, 5.74) is 3.59. The summed E-state index contributed by atoms with van der Waals surface area (Å²) in [5, 5.41) is 9.05. The second-order valence-electron chi connectivity index (χ2n) is 7.97. The third kappa shape index (κ3) is 8.78. The molecule has 11 nitrogen and oxygen atoms in total. The molecule has 0 heterocycles. The van der Waals surface area contributed by atoms with Gasteiger partial charge in [0.2, 0.25) is 0 Å². The molecule has 0 aromatic heterocycles. The highest BCUT2D eigenvalue weighted by molar-refractivity contribution is 6.39. The Bertz CT molecular complexity index is 1290. The van der Waals surface area contributed by atoms with Crippen molar-refractivity contribution in [3.63, 3.8) is 0 Å². The average molecular weight is 535 g/mol. The summed E-state index contributed by atoms with van der Waals surface area (Å²) in [6.45, 7) is 2.27. The quantitative estimate of drug-likeness (QED) is 0.183. The van der Waals surface area contributed by atoms with Gasteiger partial charge in [-0.05, 0) is 67.1 Å². The van der Waals surface area contributed by atoms with Gasteiger partial charge < -0.3 is 29.6 Å². The highest BCUT2D eigenvalue weighted by atomic mass is 16.5. The van der Waals surface area contributed by atoms with E-state index >= 15 is 0 Å². The van der Waals surface area contributed by atoms with E-state index in [2.05, 4.69) is 21.2 Å². The second kappa shape index (κ2) is 14.6. The van der Waals surface area contributed by atoms with Crippen LogP contribution >= 0.6 is 0 Å². The molecule has 11 heteroatoms. The lowest BCUT2D eigenvalue weighted by Crippen LogP contribution is -2.32. The molecule has 0 saturated carbocycles. The first-order chi connectivity index (χ1) is 18.9. The molecule has 0 fully saturated rings. The van der Waals surface area contributed by atoms with E-state index in [1.807, 2.05) is 6.92 Å². The summed E-state index contributed by atoms with van der Waals surface area (Å²) in [4.78, 5) is 36.8. The number of amides is 3. The van der Waals surface area contributed by atoms with Crippen molar-refractivity contribution < 1.29 is 33.3 Å². The Morgan fingerprint density at radius 2 is 1.46 bits per heavy atom. The van der Waals surface area contributed by atoms with E-state index in [4.69, 9.17) is 18.9 Å². The summed E-state index contributed by atoms with van der Waals surface area (Å²) >= 11 is 0. The molecule has 39 heavy (non-hydrogen) atoms. The van der Waals surface area contributed by atoms with Gasteiger partial charge in [0.1, 0.15) is 11.5 Å². The van der Waals surface area contributed by atoms with Crippen LogP contribution in [0.15, 0.2) is 71.8 Å². The number of benzene rings is 3. The molecule has 0 saturated heterocycles. The molecule has 3 N–H and O–H groups in total. The molecule has 3 amide bonds. The van der Waals surface area contributed by atoms with Crippen LogP contribution in [0.25, 0.3) is 0 Å². The van der Waals surface area contributed by atoms with Crippen LogP contribution in [0, 0.1) is 0 Å². The summed E-state index contributed by atoms with van der Waals surface area (Å²) in [5.74, 6) is -0.349. The van der Waals surface area contributed by atoms with Crippen molar-refractivity contribution in [2.75, 3.05) is 38.1 Å². The van der Waals surface area contributed by atoms with Gasteiger partial charge in [-0.1, -0.05) is 13.0 Å². The van der Waals surface area contributed by atoms with Gasteiger partial charge >= 0.3 is 11.8 Å². The van der Waals surface area contributed by atoms with E-state index in [1.165, 1.54) is 13.3 Å². The fourth-order valence-corrected chi connectivity index (χ4v) is 3.21. The van der Waals surface area contributed by atoms with Gasteiger partial charge in [-0.3, -0.25) is 14.4 Å². The Morgan fingerprint density at radius 1 is 0.795 bits per heavy atom. The number of anilines is 2. The van der Waals surface area contributed by atoms with Crippen molar-refractivity contribution >= 4 is 35.3 Å². The molecule has 0 aliphatic heterocycles. The van der Waals surface area contributed by atoms with Crippen molar-refractivity contribution in [1.29, 1.82) is 0 Å². The zero-order valence-corrected chi connectivity index (χ0v) is 21.9. The molecular formula is C28H30N4O7. The number of para-hydroxylation sites is 1. The molecule has 0 aliphatic rings. The number of nitrogens with zero attached hydrogens (tertiary/aromatic N) is 1. The third-order valence-corrected chi connectivity index (χ3v) is 5.11. The van der Waals surface area contributed by atoms with Crippen molar-refractivity contribution in [3.8, 4) is 23.0 Å². The lowest BCUT2D eigenvalue weighted by molar-refractivity contribution is -0.136. The van der Waals surface area contributed by atoms with Crippen LogP contribution < -0.4 is 35.0 Å². The number of carbonyl (C=O) groups is 3. The van der Waals surface area contributed by atoms with Gasteiger partial charge in [-0.15, -0.1) is 0 Å². The smallest absolute Gasteiger partial charge is 0.329 e. The highest BCUT2D eigenvalue weighted by Crippen LogP contribution is 2.30. The molecule has 0 aliphatic carbocycles. The van der Waals surface area contributed by atoms with Crippen LogP contribution in [0.2, 0.25) is 0 Å². The van der Waals surface area contributed by atoms with E-state index in [-0.39, 0.29) is 12.4 Å². The lowest BCUT2D eigenvalue weighted by Gasteiger charge is -2.13. The van der Waals surface area contributed by atoms with Gasteiger partial charge in [0.25, 0.3) is 5.91 Å². The van der Waals surface area contributed by atoms with Crippen molar-refractivity contribution in [2.45, 2.75) is 13.3 Å². The summed E-state index contributed by atoms with van der Waals surface area (Å²) in [7, 11) is 3.01. The number of ether oxygens (including phenoxy) is 4. The Hall–Kier alpha value is -5.06. The maximum Gasteiger partial charge on any atom is 0.329 e. The summed E-state index contributed by atoms with van der Waals surface area (Å²) in [6, 6.07) is 18.5. The standard InChI is InChI=1S/C28H30N4O7/c1-4-16-38-23-14-10-21(11-15-23)31-27(34)28(35)32-29-17-19-6-5-7-24(37-3)26(19)39-18-25(33)30-20-8-12-22(36-2)13-9-20/h5-15,17H,4,16,18H2,1-3H3,(H,30,33)(H,31,34)(H,32,35)/b29-17-. The average Bonchev–Trinajstić information content (AvgIpc) is 2.96. The molecule has 3 aromatic rings. The number of hydrogen-bond donors (Lipinski definition) is 3. The van der Waals surface area contributed by atoms with Crippen LogP contribution in [0.5, 0.6) is 23.0 Å². The van der Waals surface area contributed by atoms with Crippen molar-refractivity contribution in [3.05, 3.63) is 72.3 Å². The number of nitrogens with one attached hydrogen (secondary N) is 3. The van der Waals surface area contributed by atoms with E-state index in [0.29, 0.717) is 40.8 Å². The fraction of sp³-hybridized carbons (Fsp3) is 0.214. The van der Waals surface area contributed by atoms with E-state index in [0.717, 1.165) is 6.42 Å². The van der Waals surface area contributed by atoms with Gasteiger partial charge in [-0.25, -0.2) is 5.43 Å².